The van der Waals surface area contributed by atoms with Gasteiger partial charge in [0.1, 0.15) is 17.5 Å². The molecule has 12 nitrogen and oxygen atoms in total. The maximum absolute atomic E-state index is 14.6. The van der Waals surface area contributed by atoms with Crippen LogP contribution in [-0.2, 0) is 9.53 Å². The lowest BCUT2D eigenvalue weighted by Gasteiger charge is -2.15. The number of benzene rings is 2. The van der Waals surface area contributed by atoms with Crippen molar-refractivity contribution in [3.63, 3.8) is 0 Å². The second-order valence-electron chi connectivity index (χ2n) is 8.33. The number of hydrogen-bond acceptors (Lipinski definition) is 9. The molecule has 1 aliphatic rings. The molecule has 0 radical (unpaired) electrons. The van der Waals surface area contributed by atoms with Crippen LogP contribution in [0.5, 0.6) is 0 Å². The number of furan rings is 1. The first-order valence-corrected chi connectivity index (χ1v) is 11.4. The molecule has 37 heavy (non-hydrogen) atoms. The number of carbonyl (C=O) groups is 3. The summed E-state index contributed by atoms with van der Waals surface area (Å²) in [5.74, 6) is -1.05. The molecular formula is C24H24FN5O7. The number of nitro benzene ring substituents is 1. The molecule has 1 aliphatic heterocycles. The SMILES string of the molecule is CC(=O)NC[C@H]1CN(c2ccc(NCCNCC(=O)c3cc4cc([N+](=O)[O-])ccc4o3)c(F)c2)C(=O)O1. The van der Waals surface area contributed by atoms with Crippen molar-refractivity contribution in [2.45, 2.75) is 13.0 Å². The van der Waals surface area contributed by atoms with Crippen molar-refractivity contribution in [3.8, 4) is 0 Å². The van der Waals surface area contributed by atoms with Gasteiger partial charge in [0.05, 0.1) is 35.9 Å². The van der Waals surface area contributed by atoms with E-state index >= 15 is 0 Å². The molecule has 0 unspecified atom stereocenters. The van der Waals surface area contributed by atoms with Crippen molar-refractivity contribution in [1.82, 2.24) is 10.6 Å². The molecule has 1 aromatic heterocycles. The fraction of sp³-hybridized carbons (Fsp3) is 0.292. The van der Waals surface area contributed by atoms with E-state index in [2.05, 4.69) is 16.0 Å². The van der Waals surface area contributed by atoms with Gasteiger partial charge in [-0.3, -0.25) is 24.6 Å². The first-order chi connectivity index (χ1) is 17.7. The number of hydrogen-bond donors (Lipinski definition) is 3. The quantitative estimate of drug-likeness (QED) is 0.152. The zero-order valence-electron chi connectivity index (χ0n) is 19.8. The third kappa shape index (κ3) is 6.19. The number of halogens is 1. The van der Waals surface area contributed by atoms with Crippen molar-refractivity contribution < 1.29 is 32.9 Å². The van der Waals surface area contributed by atoms with Crippen LogP contribution in [0.25, 0.3) is 11.0 Å². The number of nitro groups is 1. The Morgan fingerprint density at radius 2 is 2.00 bits per heavy atom. The van der Waals surface area contributed by atoms with E-state index in [9.17, 15) is 28.9 Å². The van der Waals surface area contributed by atoms with Gasteiger partial charge < -0.3 is 25.1 Å². The molecule has 3 N–H and O–H groups in total. The van der Waals surface area contributed by atoms with Gasteiger partial charge in [0.15, 0.2) is 5.76 Å². The summed E-state index contributed by atoms with van der Waals surface area (Å²) in [4.78, 5) is 47.2. The number of anilines is 2. The lowest BCUT2D eigenvalue weighted by Crippen LogP contribution is -2.33. The lowest BCUT2D eigenvalue weighted by molar-refractivity contribution is -0.384. The van der Waals surface area contributed by atoms with Gasteiger partial charge in [0.25, 0.3) is 5.69 Å². The average molecular weight is 513 g/mol. The topological polar surface area (TPSA) is 156 Å². The van der Waals surface area contributed by atoms with Crippen LogP contribution in [0.15, 0.2) is 46.9 Å². The van der Waals surface area contributed by atoms with Gasteiger partial charge in [-0.2, -0.15) is 0 Å². The third-order valence-corrected chi connectivity index (χ3v) is 5.61. The molecule has 0 aliphatic carbocycles. The predicted octanol–water partition coefficient (Wildman–Crippen LogP) is 2.83. The van der Waals surface area contributed by atoms with Gasteiger partial charge in [0.2, 0.25) is 11.7 Å². The first kappa shape index (κ1) is 25.6. The number of Topliss-reactive ketones (excluding diaryl/α,β-unsaturated/α-hetero) is 1. The maximum atomic E-state index is 14.6. The van der Waals surface area contributed by atoms with Crippen molar-refractivity contribution in [2.24, 2.45) is 0 Å². The Hall–Kier alpha value is -4.52. The highest BCUT2D eigenvalue weighted by Gasteiger charge is 2.32. The van der Waals surface area contributed by atoms with Gasteiger partial charge >= 0.3 is 6.09 Å². The van der Waals surface area contributed by atoms with E-state index in [0.29, 0.717) is 29.7 Å². The molecule has 194 valence electrons. The van der Waals surface area contributed by atoms with E-state index in [1.165, 1.54) is 48.2 Å². The predicted molar refractivity (Wildman–Crippen MR) is 131 cm³/mol. The number of ether oxygens (including phenoxy) is 1. The minimum absolute atomic E-state index is 0.0399. The number of nitrogens with one attached hydrogen (secondary N) is 3. The fourth-order valence-corrected chi connectivity index (χ4v) is 3.77. The zero-order valence-corrected chi connectivity index (χ0v) is 19.8. The normalized spacial score (nSPS) is 15.0. The largest absolute Gasteiger partial charge is 0.453 e. The molecule has 1 fully saturated rings. The van der Waals surface area contributed by atoms with Crippen molar-refractivity contribution in [1.29, 1.82) is 0 Å². The van der Waals surface area contributed by atoms with E-state index in [0.717, 1.165) is 0 Å². The maximum Gasteiger partial charge on any atom is 0.414 e. The van der Waals surface area contributed by atoms with Crippen LogP contribution >= 0.6 is 0 Å². The summed E-state index contributed by atoms with van der Waals surface area (Å²) in [5, 5.41) is 19.8. The Labute approximate surface area is 209 Å². The number of nitrogens with zero attached hydrogens (tertiary/aromatic N) is 2. The number of fused-ring (bicyclic) bond motifs is 1. The second kappa shape index (κ2) is 11.0. The minimum Gasteiger partial charge on any atom is -0.453 e. The van der Waals surface area contributed by atoms with E-state index < -0.39 is 22.9 Å². The van der Waals surface area contributed by atoms with Crippen LogP contribution in [0.2, 0.25) is 0 Å². The summed E-state index contributed by atoms with van der Waals surface area (Å²) in [6, 6.07) is 9.83. The van der Waals surface area contributed by atoms with Crippen LogP contribution in [0.4, 0.5) is 26.2 Å². The zero-order chi connectivity index (χ0) is 26.5. The third-order valence-electron chi connectivity index (χ3n) is 5.61. The number of carbonyl (C=O) groups excluding carboxylic acids is 3. The highest BCUT2D eigenvalue weighted by molar-refractivity contribution is 5.99. The molecule has 4 rings (SSSR count). The molecule has 2 aromatic carbocycles. The second-order valence-corrected chi connectivity index (χ2v) is 8.33. The number of non-ortho nitro benzene ring substituents is 1. The summed E-state index contributed by atoms with van der Waals surface area (Å²) in [7, 11) is 0. The molecule has 2 amide bonds. The smallest absolute Gasteiger partial charge is 0.414 e. The van der Waals surface area contributed by atoms with Crippen LogP contribution in [0.1, 0.15) is 17.5 Å². The molecule has 0 bridgehead atoms. The van der Waals surface area contributed by atoms with Gasteiger partial charge in [-0.15, -0.1) is 0 Å². The molecule has 0 saturated carbocycles. The Morgan fingerprint density at radius 1 is 1.19 bits per heavy atom. The monoisotopic (exact) mass is 513 g/mol. The number of ketones is 1. The Morgan fingerprint density at radius 3 is 2.73 bits per heavy atom. The molecule has 1 atom stereocenters. The van der Waals surface area contributed by atoms with E-state index in [-0.39, 0.29) is 48.5 Å². The van der Waals surface area contributed by atoms with E-state index in [4.69, 9.17) is 9.15 Å². The van der Waals surface area contributed by atoms with Gasteiger partial charge in [-0.25, -0.2) is 9.18 Å². The van der Waals surface area contributed by atoms with Crippen molar-refractivity contribution >= 4 is 45.8 Å². The summed E-state index contributed by atoms with van der Waals surface area (Å²) < 4.78 is 25.2. The molecule has 13 heteroatoms. The molecule has 2 heterocycles. The summed E-state index contributed by atoms with van der Waals surface area (Å²) in [6.07, 6.45) is -1.14. The standard InChI is InChI=1S/C24H24FN5O7/c1-14(31)28-11-18-13-29(24(33)36-18)16-2-4-20(19(25)10-16)27-7-6-26-12-21(32)23-9-15-8-17(30(34)35)3-5-22(15)37-23/h2-5,8-10,18,26-27H,6-7,11-13H2,1H3,(H,28,31)/t18-/m0/s1. The Balaban J connectivity index is 1.24. The molecule has 0 spiro atoms. The number of rotatable bonds is 11. The van der Waals surface area contributed by atoms with E-state index in [1.54, 1.807) is 6.07 Å². The van der Waals surface area contributed by atoms with Gasteiger partial charge in [-0.1, -0.05) is 0 Å². The fourth-order valence-electron chi connectivity index (χ4n) is 3.77. The first-order valence-electron chi connectivity index (χ1n) is 11.4. The highest BCUT2D eigenvalue weighted by atomic mass is 19.1. The van der Waals surface area contributed by atoms with Gasteiger partial charge in [0, 0.05) is 37.5 Å². The van der Waals surface area contributed by atoms with Crippen LogP contribution in [-0.4, -0.2) is 61.5 Å². The van der Waals surface area contributed by atoms with Crippen molar-refractivity contribution in [2.75, 3.05) is 42.9 Å². The highest BCUT2D eigenvalue weighted by Crippen LogP contribution is 2.26. The number of amides is 2. The molecule has 3 aromatic rings. The van der Waals surface area contributed by atoms with Crippen LogP contribution in [0.3, 0.4) is 0 Å². The number of cyclic esters (lactones) is 1. The summed E-state index contributed by atoms with van der Waals surface area (Å²) in [5.41, 5.74) is 0.833. The van der Waals surface area contributed by atoms with Crippen molar-refractivity contribution in [3.05, 3.63) is 64.2 Å². The molecule has 1 saturated heterocycles. The Bertz CT molecular complexity index is 1360. The summed E-state index contributed by atoms with van der Waals surface area (Å²) in [6.45, 7) is 2.32. The summed E-state index contributed by atoms with van der Waals surface area (Å²) >= 11 is 0. The minimum atomic E-state index is -0.619. The van der Waals surface area contributed by atoms with Crippen LogP contribution < -0.4 is 20.9 Å². The van der Waals surface area contributed by atoms with Gasteiger partial charge in [-0.05, 0) is 30.3 Å². The lowest BCUT2D eigenvalue weighted by atomic mass is 10.2. The molecular weight excluding hydrogens is 489 g/mol. The van der Waals surface area contributed by atoms with Crippen LogP contribution in [0, 0.1) is 15.9 Å². The van der Waals surface area contributed by atoms with E-state index in [1.807, 2.05) is 0 Å². The Kier molecular flexibility index (Phi) is 7.63. The average Bonchev–Trinajstić information content (AvgIpc) is 3.46.